The summed E-state index contributed by atoms with van der Waals surface area (Å²) in [7, 11) is 0. The normalized spacial score (nSPS) is 21.6. The highest BCUT2D eigenvalue weighted by Crippen LogP contribution is 2.34. The van der Waals surface area contributed by atoms with Crippen LogP contribution in [0.5, 0.6) is 0 Å². The zero-order chi connectivity index (χ0) is 14.7. The molecule has 0 radical (unpaired) electrons. The molecule has 1 nitrogen and oxygen atoms in total. The van der Waals surface area contributed by atoms with E-state index >= 15 is 0 Å². The third kappa shape index (κ3) is 3.19. The first-order valence-electron chi connectivity index (χ1n) is 8.19. The Morgan fingerprint density at radius 2 is 1.86 bits per heavy atom. The van der Waals surface area contributed by atoms with Crippen LogP contribution in [0.2, 0.25) is 0 Å². The standard InChI is InChI=1S/C20H25N/c1-3-21-20-13-15(2)9-10-17-11-12-18(14-19(17)20)16-7-5-4-6-8-16/h4-8,11-12,14-15,20-21H,3,9-10,13H2,1-2H3. The second kappa shape index (κ2) is 6.44. The predicted octanol–water partition coefficient (Wildman–Crippen LogP) is 4.98. The minimum Gasteiger partial charge on any atom is -0.310 e. The Morgan fingerprint density at radius 1 is 1.05 bits per heavy atom. The number of rotatable bonds is 3. The quantitative estimate of drug-likeness (QED) is 0.782. The van der Waals surface area contributed by atoms with E-state index in [1.54, 1.807) is 0 Å². The van der Waals surface area contributed by atoms with E-state index in [-0.39, 0.29) is 0 Å². The van der Waals surface area contributed by atoms with Gasteiger partial charge in [0.05, 0.1) is 0 Å². The highest BCUT2D eigenvalue weighted by Gasteiger charge is 2.22. The van der Waals surface area contributed by atoms with E-state index in [1.165, 1.54) is 41.5 Å². The van der Waals surface area contributed by atoms with Crippen LogP contribution in [0, 0.1) is 5.92 Å². The lowest BCUT2D eigenvalue weighted by Crippen LogP contribution is -2.22. The molecule has 0 aliphatic heterocycles. The van der Waals surface area contributed by atoms with Gasteiger partial charge in [0.1, 0.15) is 0 Å². The second-order valence-electron chi connectivity index (χ2n) is 6.27. The van der Waals surface area contributed by atoms with Crippen molar-refractivity contribution in [2.24, 2.45) is 5.92 Å². The third-order valence-electron chi connectivity index (χ3n) is 4.62. The van der Waals surface area contributed by atoms with Crippen LogP contribution in [0.3, 0.4) is 0 Å². The summed E-state index contributed by atoms with van der Waals surface area (Å²) in [6.07, 6.45) is 3.77. The minimum absolute atomic E-state index is 0.506. The SMILES string of the molecule is CCNC1CC(C)CCc2ccc(-c3ccccc3)cc21. The number of benzene rings is 2. The van der Waals surface area contributed by atoms with Crippen LogP contribution >= 0.6 is 0 Å². The third-order valence-corrected chi connectivity index (χ3v) is 4.62. The maximum atomic E-state index is 3.69. The predicted molar refractivity (Wildman–Crippen MR) is 90.4 cm³/mol. The molecule has 1 aliphatic carbocycles. The highest BCUT2D eigenvalue weighted by atomic mass is 14.9. The van der Waals surface area contributed by atoms with Crippen molar-refractivity contribution in [2.75, 3.05) is 6.54 Å². The van der Waals surface area contributed by atoms with Crippen molar-refractivity contribution in [1.29, 1.82) is 0 Å². The molecule has 2 aromatic rings. The molecule has 0 fully saturated rings. The first kappa shape index (κ1) is 14.3. The summed E-state index contributed by atoms with van der Waals surface area (Å²) >= 11 is 0. The van der Waals surface area contributed by atoms with Crippen LogP contribution in [0.15, 0.2) is 48.5 Å². The summed E-state index contributed by atoms with van der Waals surface area (Å²) in [5.74, 6) is 0.793. The average molecular weight is 279 g/mol. The van der Waals surface area contributed by atoms with Gasteiger partial charge in [0, 0.05) is 6.04 Å². The fraction of sp³-hybridized carbons (Fsp3) is 0.400. The van der Waals surface area contributed by atoms with Crippen LogP contribution in [0.25, 0.3) is 11.1 Å². The smallest absolute Gasteiger partial charge is 0.0325 e. The average Bonchev–Trinajstić information content (AvgIpc) is 2.68. The molecule has 110 valence electrons. The summed E-state index contributed by atoms with van der Waals surface area (Å²) in [5.41, 5.74) is 5.70. The van der Waals surface area contributed by atoms with Gasteiger partial charge in [0.2, 0.25) is 0 Å². The van der Waals surface area contributed by atoms with Gasteiger partial charge in [-0.2, -0.15) is 0 Å². The first-order chi connectivity index (χ1) is 10.3. The zero-order valence-corrected chi connectivity index (χ0v) is 13.1. The van der Waals surface area contributed by atoms with E-state index in [2.05, 4.69) is 67.7 Å². The Kier molecular flexibility index (Phi) is 4.40. The molecule has 0 saturated heterocycles. The Bertz CT molecular complexity index is 588. The van der Waals surface area contributed by atoms with E-state index < -0.39 is 0 Å². The number of hydrogen-bond acceptors (Lipinski definition) is 1. The number of hydrogen-bond donors (Lipinski definition) is 1. The van der Waals surface area contributed by atoms with Crippen molar-refractivity contribution in [2.45, 2.75) is 39.2 Å². The van der Waals surface area contributed by atoms with Gasteiger partial charge in [-0.3, -0.25) is 0 Å². The van der Waals surface area contributed by atoms with Crippen molar-refractivity contribution in [3.05, 3.63) is 59.7 Å². The van der Waals surface area contributed by atoms with Crippen LogP contribution in [-0.2, 0) is 6.42 Å². The van der Waals surface area contributed by atoms with Gasteiger partial charge >= 0.3 is 0 Å². The van der Waals surface area contributed by atoms with Crippen molar-refractivity contribution in [3.63, 3.8) is 0 Å². The Labute approximate surface area is 128 Å². The molecule has 1 N–H and O–H groups in total. The largest absolute Gasteiger partial charge is 0.310 e. The van der Waals surface area contributed by atoms with E-state index in [4.69, 9.17) is 0 Å². The van der Waals surface area contributed by atoms with E-state index in [1.807, 2.05) is 0 Å². The summed E-state index contributed by atoms with van der Waals surface area (Å²) in [6, 6.07) is 18.3. The van der Waals surface area contributed by atoms with Gasteiger partial charge in [-0.1, -0.05) is 56.3 Å². The number of fused-ring (bicyclic) bond motifs is 1. The molecule has 0 saturated carbocycles. The van der Waals surface area contributed by atoms with Crippen molar-refractivity contribution < 1.29 is 0 Å². The van der Waals surface area contributed by atoms with E-state index in [0.717, 1.165) is 12.5 Å². The summed E-state index contributed by atoms with van der Waals surface area (Å²) in [4.78, 5) is 0. The number of aryl methyl sites for hydroxylation is 1. The minimum atomic E-state index is 0.506. The molecular formula is C20H25N. The van der Waals surface area contributed by atoms with Crippen LogP contribution in [0.1, 0.15) is 43.9 Å². The fourth-order valence-corrected chi connectivity index (χ4v) is 3.45. The van der Waals surface area contributed by atoms with E-state index in [9.17, 15) is 0 Å². The molecule has 2 aromatic carbocycles. The van der Waals surface area contributed by atoms with Gasteiger partial charge in [0.25, 0.3) is 0 Å². The molecule has 2 atom stereocenters. The first-order valence-corrected chi connectivity index (χ1v) is 8.19. The molecule has 1 aliphatic rings. The maximum absolute atomic E-state index is 3.69. The van der Waals surface area contributed by atoms with Gasteiger partial charge in [0.15, 0.2) is 0 Å². The molecular weight excluding hydrogens is 254 g/mol. The highest BCUT2D eigenvalue weighted by molar-refractivity contribution is 5.65. The lowest BCUT2D eigenvalue weighted by molar-refractivity contribution is 0.415. The molecule has 21 heavy (non-hydrogen) atoms. The van der Waals surface area contributed by atoms with Gasteiger partial charge < -0.3 is 5.32 Å². The Hall–Kier alpha value is -1.60. The topological polar surface area (TPSA) is 12.0 Å². The maximum Gasteiger partial charge on any atom is 0.0325 e. The fourth-order valence-electron chi connectivity index (χ4n) is 3.45. The van der Waals surface area contributed by atoms with Gasteiger partial charge in [-0.05, 0) is 60.0 Å². The van der Waals surface area contributed by atoms with Crippen molar-refractivity contribution in [1.82, 2.24) is 5.32 Å². The van der Waals surface area contributed by atoms with Crippen LogP contribution in [0.4, 0.5) is 0 Å². The summed E-state index contributed by atoms with van der Waals surface area (Å²) in [6.45, 7) is 5.62. The Morgan fingerprint density at radius 3 is 2.62 bits per heavy atom. The number of nitrogens with one attached hydrogen (secondary N) is 1. The molecule has 2 unspecified atom stereocenters. The molecule has 0 amide bonds. The van der Waals surface area contributed by atoms with Gasteiger partial charge in [-0.25, -0.2) is 0 Å². The zero-order valence-electron chi connectivity index (χ0n) is 13.1. The van der Waals surface area contributed by atoms with Crippen molar-refractivity contribution in [3.8, 4) is 11.1 Å². The van der Waals surface area contributed by atoms with Crippen LogP contribution in [-0.4, -0.2) is 6.54 Å². The molecule has 0 spiro atoms. The Balaban J connectivity index is 2.01. The molecule has 0 bridgehead atoms. The van der Waals surface area contributed by atoms with E-state index in [0.29, 0.717) is 6.04 Å². The monoisotopic (exact) mass is 279 g/mol. The van der Waals surface area contributed by atoms with Crippen molar-refractivity contribution >= 4 is 0 Å². The summed E-state index contributed by atoms with van der Waals surface area (Å²) in [5, 5.41) is 3.69. The molecule has 0 heterocycles. The lowest BCUT2D eigenvalue weighted by Gasteiger charge is -2.21. The lowest BCUT2D eigenvalue weighted by atomic mass is 9.93. The molecule has 0 aromatic heterocycles. The van der Waals surface area contributed by atoms with Gasteiger partial charge in [-0.15, -0.1) is 0 Å². The molecule has 1 heteroatoms. The van der Waals surface area contributed by atoms with Crippen LogP contribution < -0.4 is 5.32 Å². The second-order valence-corrected chi connectivity index (χ2v) is 6.27. The summed E-state index contributed by atoms with van der Waals surface area (Å²) < 4.78 is 0. The molecule has 3 rings (SSSR count).